The van der Waals surface area contributed by atoms with Crippen molar-refractivity contribution in [2.75, 3.05) is 14.7 Å². The Kier molecular flexibility index (Phi) is 16.7. The van der Waals surface area contributed by atoms with Crippen LogP contribution in [0.15, 0.2) is 309 Å². The molecule has 3 nitrogen and oxygen atoms in total. The molecule has 0 bridgehead atoms. The van der Waals surface area contributed by atoms with Gasteiger partial charge in [0.25, 0.3) is 0 Å². The predicted octanol–water partition coefficient (Wildman–Crippen LogP) is 22.6. The van der Waals surface area contributed by atoms with Crippen molar-refractivity contribution in [3.8, 4) is 0 Å². The molecule has 85 heavy (non-hydrogen) atoms. The highest BCUT2D eigenvalue weighted by atomic mass is 15.2. The summed E-state index contributed by atoms with van der Waals surface area (Å²) >= 11 is 0. The fourth-order valence-corrected chi connectivity index (χ4v) is 11.1. The van der Waals surface area contributed by atoms with Crippen LogP contribution >= 0.6 is 0 Å². The van der Waals surface area contributed by atoms with Gasteiger partial charge in [0.1, 0.15) is 0 Å². The van der Waals surface area contributed by atoms with Gasteiger partial charge in [-0.3, -0.25) is 0 Å². The smallest absolute Gasteiger partial charge is 0.0632 e. The molecule has 12 aromatic rings. The lowest BCUT2D eigenvalue weighted by Crippen LogP contribution is -2.09. The van der Waals surface area contributed by atoms with Crippen LogP contribution in [0.2, 0.25) is 0 Å². The zero-order valence-electron chi connectivity index (χ0n) is 48.3. The van der Waals surface area contributed by atoms with Crippen LogP contribution in [0.3, 0.4) is 0 Å². The lowest BCUT2D eigenvalue weighted by Gasteiger charge is -2.25. The second-order valence-corrected chi connectivity index (χ2v) is 21.4. The molecule has 0 aromatic heterocycles. The fourth-order valence-electron chi connectivity index (χ4n) is 11.1. The normalized spacial score (nSPS) is 11.3. The van der Waals surface area contributed by atoms with Gasteiger partial charge in [-0.2, -0.15) is 0 Å². The summed E-state index contributed by atoms with van der Waals surface area (Å²) in [6, 6.07) is 110. The van der Waals surface area contributed by atoms with E-state index in [1.54, 1.807) is 0 Å². The molecule has 0 aliphatic rings. The molecule has 0 amide bonds. The Morgan fingerprint density at radius 2 is 0.412 bits per heavy atom. The van der Waals surface area contributed by atoms with E-state index in [9.17, 15) is 0 Å². The molecule has 0 N–H and O–H groups in total. The summed E-state index contributed by atoms with van der Waals surface area (Å²) in [7, 11) is 0. The first-order valence-electron chi connectivity index (χ1n) is 29.1. The number of hydrogen-bond acceptors (Lipinski definition) is 3. The SMILES string of the molecule is Cc1cc([C+](c2ccc(/C=C/c3ccc(N(c4ccccc4)c4ccccc4)cc3)c(C)c2)c2ccc(/C=C/c3ccc(N(c4ccccc4)c4ccccc4)cc3)c(C)c2)ccc1/C=C/c1ccc(N(c2ccccc2)c2ccccc2)cc1. The summed E-state index contributed by atoms with van der Waals surface area (Å²) < 4.78 is 0. The number of anilines is 9. The zero-order chi connectivity index (χ0) is 57.7. The van der Waals surface area contributed by atoms with Crippen LogP contribution in [0.5, 0.6) is 0 Å². The van der Waals surface area contributed by atoms with Crippen molar-refractivity contribution >= 4 is 87.6 Å². The molecule has 0 unspecified atom stereocenters. The average Bonchev–Trinajstić information content (AvgIpc) is 3.73. The van der Waals surface area contributed by atoms with Crippen molar-refractivity contribution in [1.29, 1.82) is 0 Å². The van der Waals surface area contributed by atoms with Gasteiger partial charge in [-0.25, -0.2) is 0 Å². The van der Waals surface area contributed by atoms with E-state index in [1.807, 2.05) is 0 Å². The maximum atomic E-state index is 2.35. The van der Waals surface area contributed by atoms with Crippen molar-refractivity contribution in [1.82, 2.24) is 0 Å². The van der Waals surface area contributed by atoms with E-state index in [1.165, 1.54) is 56.0 Å². The molecule has 0 atom stereocenters. The van der Waals surface area contributed by atoms with Gasteiger partial charge < -0.3 is 14.7 Å². The summed E-state index contributed by atoms with van der Waals surface area (Å²) in [6.45, 7) is 6.67. The predicted molar refractivity (Wildman–Crippen MR) is 364 cm³/mol. The molecule has 0 saturated heterocycles. The van der Waals surface area contributed by atoms with E-state index in [0.717, 1.165) is 67.9 Å². The van der Waals surface area contributed by atoms with E-state index in [-0.39, 0.29) is 0 Å². The van der Waals surface area contributed by atoms with Crippen LogP contribution < -0.4 is 14.7 Å². The minimum Gasteiger partial charge on any atom is -0.311 e. The first-order chi connectivity index (χ1) is 41.9. The molecular formula is C82H66N3+. The number of benzene rings is 12. The highest BCUT2D eigenvalue weighted by Crippen LogP contribution is 2.39. The highest BCUT2D eigenvalue weighted by molar-refractivity contribution is 5.82. The molecule has 0 heterocycles. The fraction of sp³-hybridized carbons (Fsp3) is 0.0366. The first-order valence-corrected chi connectivity index (χ1v) is 29.1. The lowest BCUT2D eigenvalue weighted by atomic mass is 9.82. The lowest BCUT2D eigenvalue weighted by molar-refractivity contribution is 1.19. The standard InChI is InChI=1S/C82H66N3/c1-61-58-70(49-46-67(61)43-34-64-37-52-79(53-38-64)83(73-22-10-4-11-23-73)74-24-12-5-13-25-74)82(71-50-47-68(62(2)59-71)44-35-65-39-54-80(55-40-65)84(75-26-14-6-15-27-75)76-28-16-7-17-29-76)72-51-48-69(63(3)60-72)45-36-66-41-56-81(57-42-66)85(77-30-18-8-19-31-77)78-32-20-9-21-33-78/h4-60H,1-3H3/q+1/b43-34+,44-35+,45-36+. The highest BCUT2D eigenvalue weighted by Gasteiger charge is 2.25. The van der Waals surface area contributed by atoms with Gasteiger partial charge in [0.2, 0.25) is 0 Å². The molecule has 0 fully saturated rings. The van der Waals surface area contributed by atoms with Crippen molar-refractivity contribution in [3.05, 3.63) is 382 Å². The van der Waals surface area contributed by atoms with Crippen molar-refractivity contribution in [3.63, 3.8) is 0 Å². The second kappa shape index (κ2) is 25.9. The molecule has 0 radical (unpaired) electrons. The molecule has 12 rings (SSSR count). The van der Waals surface area contributed by atoms with Gasteiger partial charge in [0.15, 0.2) is 0 Å². The Bertz CT molecular complexity index is 3650. The Morgan fingerprint density at radius 1 is 0.212 bits per heavy atom. The largest absolute Gasteiger partial charge is 0.311 e. The second-order valence-electron chi connectivity index (χ2n) is 21.4. The minimum absolute atomic E-state index is 1.11. The molecule has 0 aliphatic carbocycles. The Labute approximate surface area is 502 Å². The van der Waals surface area contributed by atoms with Crippen LogP contribution in [-0.2, 0) is 0 Å². The third-order valence-corrected chi connectivity index (χ3v) is 15.6. The van der Waals surface area contributed by atoms with E-state index >= 15 is 0 Å². The van der Waals surface area contributed by atoms with Gasteiger partial charge in [-0.15, -0.1) is 0 Å². The van der Waals surface area contributed by atoms with Gasteiger partial charge in [-0.1, -0.05) is 182 Å². The Hall–Kier alpha value is -10.9. The van der Waals surface area contributed by atoms with Crippen molar-refractivity contribution in [2.24, 2.45) is 0 Å². The quantitative estimate of drug-likeness (QED) is 0.0482. The van der Waals surface area contributed by atoms with E-state index in [2.05, 4.69) is 381 Å². The summed E-state index contributed by atoms with van der Waals surface area (Å²) in [5, 5.41) is 0. The van der Waals surface area contributed by atoms with Gasteiger partial charge in [0, 0.05) is 51.2 Å². The summed E-state index contributed by atoms with van der Waals surface area (Å²) in [4.78, 5) is 6.88. The maximum Gasteiger partial charge on any atom is 0.0632 e. The number of nitrogens with zero attached hydrogens (tertiary/aromatic N) is 3. The van der Waals surface area contributed by atoms with Crippen LogP contribution in [0.1, 0.15) is 66.8 Å². The van der Waals surface area contributed by atoms with Crippen LogP contribution in [0.4, 0.5) is 51.2 Å². The average molecular weight is 1090 g/mol. The molecule has 3 heteroatoms. The molecule has 0 spiro atoms. The van der Waals surface area contributed by atoms with Crippen LogP contribution in [0, 0.1) is 26.7 Å². The number of aryl methyl sites for hydroxylation is 3. The zero-order valence-corrected chi connectivity index (χ0v) is 48.3. The number of para-hydroxylation sites is 6. The van der Waals surface area contributed by atoms with E-state index in [4.69, 9.17) is 0 Å². The van der Waals surface area contributed by atoms with Crippen LogP contribution in [-0.4, -0.2) is 0 Å². The van der Waals surface area contributed by atoms with Gasteiger partial charge in [0.05, 0.1) is 22.6 Å². The van der Waals surface area contributed by atoms with Gasteiger partial charge >= 0.3 is 0 Å². The molecule has 408 valence electrons. The number of rotatable bonds is 18. The maximum absolute atomic E-state index is 2.35. The van der Waals surface area contributed by atoms with Crippen molar-refractivity contribution in [2.45, 2.75) is 20.8 Å². The molecule has 0 saturated carbocycles. The first kappa shape index (κ1) is 54.7. The Morgan fingerprint density at radius 3 is 0.612 bits per heavy atom. The summed E-state index contributed by atoms with van der Waals surface area (Å²) in [6.07, 6.45) is 13.4. The topological polar surface area (TPSA) is 9.72 Å². The van der Waals surface area contributed by atoms with E-state index < -0.39 is 0 Å². The van der Waals surface area contributed by atoms with Crippen molar-refractivity contribution < 1.29 is 0 Å². The third kappa shape index (κ3) is 12.9. The molecular weight excluding hydrogens is 1030 g/mol. The minimum atomic E-state index is 1.11. The summed E-state index contributed by atoms with van der Waals surface area (Å²) in [5.74, 6) is 1.20. The Balaban J connectivity index is 0.820. The molecule has 0 aliphatic heterocycles. The van der Waals surface area contributed by atoms with Gasteiger partial charge in [-0.05, 0) is 235 Å². The van der Waals surface area contributed by atoms with Crippen LogP contribution in [0.25, 0.3) is 36.5 Å². The van der Waals surface area contributed by atoms with E-state index in [0.29, 0.717) is 0 Å². The summed E-state index contributed by atoms with van der Waals surface area (Å²) in [5.41, 5.74) is 24.1. The molecule has 12 aromatic carbocycles. The number of hydrogen-bond donors (Lipinski definition) is 0. The monoisotopic (exact) mass is 1090 g/mol. The third-order valence-electron chi connectivity index (χ3n) is 15.6.